The van der Waals surface area contributed by atoms with E-state index in [4.69, 9.17) is 4.99 Å². The van der Waals surface area contributed by atoms with E-state index in [-0.39, 0.29) is 6.04 Å². The van der Waals surface area contributed by atoms with Crippen LogP contribution in [0.25, 0.3) is 0 Å². The highest BCUT2D eigenvalue weighted by atomic mass is 15.3. The molecule has 1 heterocycles. The largest absolute Gasteiger partial charge is 0.357 e. The van der Waals surface area contributed by atoms with Gasteiger partial charge in [0.1, 0.15) is 0 Å². The van der Waals surface area contributed by atoms with Crippen LogP contribution in [-0.2, 0) is 20.0 Å². The van der Waals surface area contributed by atoms with Crippen LogP contribution < -0.4 is 10.6 Å². The van der Waals surface area contributed by atoms with Gasteiger partial charge in [-0.3, -0.25) is 4.68 Å². The first-order valence-electron chi connectivity index (χ1n) is 9.00. The molecule has 136 valence electrons. The van der Waals surface area contributed by atoms with Crippen molar-refractivity contribution in [3.63, 3.8) is 0 Å². The van der Waals surface area contributed by atoms with Crippen molar-refractivity contribution in [3.05, 3.63) is 52.3 Å². The highest BCUT2D eigenvalue weighted by molar-refractivity contribution is 5.80. The van der Waals surface area contributed by atoms with Crippen molar-refractivity contribution in [3.8, 4) is 0 Å². The number of guanidine groups is 1. The first-order valence-corrected chi connectivity index (χ1v) is 9.00. The predicted octanol–water partition coefficient (Wildman–Crippen LogP) is 3.03. The maximum atomic E-state index is 4.73. The molecule has 0 saturated carbocycles. The van der Waals surface area contributed by atoms with Crippen molar-refractivity contribution in [2.24, 2.45) is 12.0 Å². The fourth-order valence-electron chi connectivity index (χ4n) is 3.00. The van der Waals surface area contributed by atoms with Crippen LogP contribution >= 0.6 is 0 Å². The Morgan fingerprint density at radius 1 is 1.28 bits per heavy atom. The fraction of sp³-hybridized carbons (Fsp3) is 0.500. The molecule has 2 aromatic rings. The van der Waals surface area contributed by atoms with Crippen molar-refractivity contribution in [1.82, 2.24) is 20.4 Å². The van der Waals surface area contributed by atoms with E-state index in [0.717, 1.165) is 24.6 Å². The Labute approximate surface area is 151 Å². The van der Waals surface area contributed by atoms with Crippen LogP contribution in [0.1, 0.15) is 41.9 Å². The van der Waals surface area contributed by atoms with E-state index in [9.17, 15) is 0 Å². The van der Waals surface area contributed by atoms with Crippen molar-refractivity contribution < 1.29 is 0 Å². The zero-order valence-electron chi connectivity index (χ0n) is 16.3. The van der Waals surface area contributed by atoms with Gasteiger partial charge in [0.15, 0.2) is 5.96 Å². The number of rotatable bonds is 6. The van der Waals surface area contributed by atoms with E-state index in [0.29, 0.717) is 6.54 Å². The minimum absolute atomic E-state index is 0.275. The number of nitrogens with one attached hydrogen (secondary N) is 2. The fourth-order valence-corrected chi connectivity index (χ4v) is 3.00. The van der Waals surface area contributed by atoms with E-state index in [1.54, 1.807) is 0 Å². The zero-order valence-corrected chi connectivity index (χ0v) is 16.3. The molecule has 1 aromatic carbocycles. The summed E-state index contributed by atoms with van der Waals surface area (Å²) in [4.78, 5) is 4.73. The Kier molecular flexibility index (Phi) is 6.62. The summed E-state index contributed by atoms with van der Waals surface area (Å²) in [5, 5.41) is 11.4. The Morgan fingerprint density at radius 2 is 2.04 bits per heavy atom. The topological polar surface area (TPSA) is 54.2 Å². The molecular formula is C20H31N5. The minimum atomic E-state index is 0.275. The Hall–Kier alpha value is -2.30. The van der Waals surface area contributed by atoms with Gasteiger partial charge in [0.05, 0.1) is 12.2 Å². The molecule has 1 atom stereocenters. The maximum Gasteiger partial charge on any atom is 0.191 e. The van der Waals surface area contributed by atoms with Crippen molar-refractivity contribution in [2.75, 3.05) is 6.54 Å². The van der Waals surface area contributed by atoms with Crippen molar-refractivity contribution >= 4 is 5.96 Å². The SMILES string of the molecule is CCNC(=NCc1cccc(C)c1)NC(C)Cc1c(C)nn(C)c1C. The average Bonchev–Trinajstić information content (AvgIpc) is 2.79. The third-order valence-corrected chi connectivity index (χ3v) is 4.40. The summed E-state index contributed by atoms with van der Waals surface area (Å²) < 4.78 is 1.95. The van der Waals surface area contributed by atoms with E-state index in [1.165, 1.54) is 22.4 Å². The molecule has 5 nitrogen and oxygen atoms in total. The van der Waals surface area contributed by atoms with Gasteiger partial charge < -0.3 is 10.6 Å². The second-order valence-corrected chi connectivity index (χ2v) is 6.71. The van der Waals surface area contributed by atoms with Gasteiger partial charge in [-0.05, 0) is 52.2 Å². The highest BCUT2D eigenvalue weighted by Gasteiger charge is 2.14. The third kappa shape index (κ3) is 5.34. The Bertz CT molecular complexity index is 730. The summed E-state index contributed by atoms with van der Waals surface area (Å²) in [6, 6.07) is 8.76. The van der Waals surface area contributed by atoms with E-state index >= 15 is 0 Å². The van der Waals surface area contributed by atoms with Crippen LogP contribution in [0, 0.1) is 20.8 Å². The predicted molar refractivity (Wildman–Crippen MR) is 105 cm³/mol. The molecular weight excluding hydrogens is 310 g/mol. The molecule has 0 bridgehead atoms. The summed E-state index contributed by atoms with van der Waals surface area (Å²) in [6.07, 6.45) is 0.931. The molecule has 0 saturated heterocycles. The van der Waals surface area contributed by atoms with Gasteiger partial charge >= 0.3 is 0 Å². The first-order chi connectivity index (χ1) is 11.9. The minimum Gasteiger partial charge on any atom is -0.357 e. The second-order valence-electron chi connectivity index (χ2n) is 6.71. The molecule has 2 N–H and O–H groups in total. The molecule has 5 heteroatoms. The van der Waals surface area contributed by atoms with Crippen molar-refractivity contribution in [2.45, 2.75) is 53.6 Å². The van der Waals surface area contributed by atoms with Gasteiger partial charge in [-0.2, -0.15) is 5.10 Å². The molecule has 0 aliphatic rings. The normalized spacial score (nSPS) is 13.0. The van der Waals surface area contributed by atoms with Crippen LogP contribution in [0.5, 0.6) is 0 Å². The number of aliphatic imine (C=N–C) groups is 1. The summed E-state index contributed by atoms with van der Waals surface area (Å²) in [6.45, 7) is 12.1. The number of benzene rings is 1. The van der Waals surface area contributed by atoms with Crippen LogP contribution in [-0.4, -0.2) is 28.3 Å². The Balaban J connectivity index is 2.03. The van der Waals surface area contributed by atoms with E-state index < -0.39 is 0 Å². The molecule has 0 fully saturated rings. The number of aryl methyl sites for hydroxylation is 3. The van der Waals surface area contributed by atoms with Gasteiger partial charge in [-0.25, -0.2) is 4.99 Å². The lowest BCUT2D eigenvalue weighted by Gasteiger charge is -2.18. The lowest BCUT2D eigenvalue weighted by Crippen LogP contribution is -2.43. The maximum absolute atomic E-state index is 4.73. The summed E-state index contributed by atoms with van der Waals surface area (Å²) >= 11 is 0. The van der Waals surface area contributed by atoms with Gasteiger partial charge in [0.2, 0.25) is 0 Å². The van der Waals surface area contributed by atoms with Crippen molar-refractivity contribution in [1.29, 1.82) is 0 Å². The van der Waals surface area contributed by atoms with Gasteiger partial charge in [0, 0.05) is 25.3 Å². The Morgan fingerprint density at radius 3 is 2.64 bits per heavy atom. The zero-order chi connectivity index (χ0) is 18.4. The smallest absolute Gasteiger partial charge is 0.191 e. The molecule has 25 heavy (non-hydrogen) atoms. The van der Waals surface area contributed by atoms with Crippen LogP contribution in [0.2, 0.25) is 0 Å². The molecule has 0 radical (unpaired) electrons. The molecule has 2 rings (SSSR count). The molecule has 0 spiro atoms. The first kappa shape index (κ1) is 19.0. The van der Waals surface area contributed by atoms with Crippen LogP contribution in [0.4, 0.5) is 0 Å². The number of hydrogen-bond donors (Lipinski definition) is 2. The quantitative estimate of drug-likeness (QED) is 0.627. The lowest BCUT2D eigenvalue weighted by atomic mass is 10.1. The third-order valence-electron chi connectivity index (χ3n) is 4.40. The highest BCUT2D eigenvalue weighted by Crippen LogP contribution is 2.14. The molecule has 0 aliphatic carbocycles. The molecule has 0 amide bonds. The summed E-state index contributed by atoms with van der Waals surface area (Å²) in [5.74, 6) is 0.857. The monoisotopic (exact) mass is 341 g/mol. The number of aromatic nitrogens is 2. The second kappa shape index (κ2) is 8.70. The van der Waals surface area contributed by atoms with E-state index in [1.807, 2.05) is 11.7 Å². The average molecular weight is 342 g/mol. The van der Waals surface area contributed by atoms with Gasteiger partial charge in [-0.15, -0.1) is 0 Å². The van der Waals surface area contributed by atoms with Gasteiger partial charge in [-0.1, -0.05) is 29.8 Å². The number of nitrogens with zero attached hydrogens (tertiary/aromatic N) is 3. The summed E-state index contributed by atoms with van der Waals surface area (Å²) in [7, 11) is 2.00. The standard InChI is InChI=1S/C20H31N5/c1-7-21-20(22-13-18-10-8-9-14(2)11-18)23-15(3)12-19-16(4)24-25(6)17(19)5/h8-11,15H,7,12-13H2,1-6H3,(H2,21,22,23). The molecule has 1 unspecified atom stereocenters. The van der Waals surface area contributed by atoms with Crippen LogP contribution in [0.15, 0.2) is 29.3 Å². The molecule has 0 aliphatic heterocycles. The number of hydrogen-bond acceptors (Lipinski definition) is 2. The van der Waals surface area contributed by atoms with E-state index in [2.05, 4.69) is 74.6 Å². The molecule has 1 aromatic heterocycles. The van der Waals surface area contributed by atoms with Gasteiger partial charge in [0.25, 0.3) is 0 Å². The lowest BCUT2D eigenvalue weighted by molar-refractivity contribution is 0.636. The van der Waals surface area contributed by atoms with Crippen LogP contribution in [0.3, 0.4) is 0 Å². The summed E-state index contributed by atoms with van der Waals surface area (Å²) in [5.41, 5.74) is 6.14.